The van der Waals surface area contributed by atoms with Gasteiger partial charge in [-0.15, -0.1) is 0 Å². The predicted molar refractivity (Wildman–Crippen MR) is 72.1 cm³/mol. The first-order chi connectivity index (χ1) is 9.65. The molecular weight excluding hydrogens is 261 g/mol. The molecule has 0 bridgehead atoms. The minimum atomic E-state index is -0.771. The fourth-order valence-electron chi connectivity index (χ4n) is 2.64. The van der Waals surface area contributed by atoms with Crippen molar-refractivity contribution in [2.45, 2.75) is 12.8 Å². The molecule has 104 valence electrons. The molecule has 3 heterocycles. The van der Waals surface area contributed by atoms with Gasteiger partial charge in [0.05, 0.1) is 23.3 Å². The van der Waals surface area contributed by atoms with Gasteiger partial charge >= 0.3 is 5.97 Å². The summed E-state index contributed by atoms with van der Waals surface area (Å²) in [6.45, 7) is 1.23. The highest BCUT2D eigenvalue weighted by molar-refractivity contribution is 5.88. The van der Waals surface area contributed by atoms with E-state index in [1.165, 1.54) is 6.07 Å². The summed E-state index contributed by atoms with van der Waals surface area (Å²) in [5, 5.41) is 9.15. The van der Waals surface area contributed by atoms with E-state index in [0.29, 0.717) is 24.0 Å². The van der Waals surface area contributed by atoms with Crippen LogP contribution in [0.25, 0.3) is 11.0 Å². The third-order valence-corrected chi connectivity index (χ3v) is 3.63. The lowest BCUT2D eigenvalue weighted by atomic mass is 9.98. The molecule has 0 amide bonds. The van der Waals surface area contributed by atoms with Crippen LogP contribution in [0.5, 0.6) is 0 Å². The Bertz CT molecular complexity index is 662. The maximum atomic E-state index is 13.2. The number of halogens is 1. The first-order valence-corrected chi connectivity index (χ1v) is 6.53. The molecule has 2 aromatic rings. The van der Waals surface area contributed by atoms with Crippen LogP contribution in [0.3, 0.4) is 0 Å². The van der Waals surface area contributed by atoms with E-state index in [-0.39, 0.29) is 5.92 Å². The molecule has 1 atom stereocenters. The molecule has 5 nitrogen and oxygen atoms in total. The first kappa shape index (κ1) is 12.8. The van der Waals surface area contributed by atoms with Crippen LogP contribution in [0.15, 0.2) is 24.5 Å². The zero-order valence-corrected chi connectivity index (χ0v) is 10.8. The summed E-state index contributed by atoms with van der Waals surface area (Å²) in [5.41, 5.74) is 1.92. The molecule has 3 rings (SSSR count). The summed E-state index contributed by atoms with van der Waals surface area (Å²) in [6, 6.07) is 3.14. The Balaban J connectivity index is 1.99. The van der Waals surface area contributed by atoms with E-state index >= 15 is 0 Å². The zero-order chi connectivity index (χ0) is 14.1. The molecule has 1 fully saturated rings. The van der Waals surface area contributed by atoms with Gasteiger partial charge in [-0.1, -0.05) is 0 Å². The summed E-state index contributed by atoms with van der Waals surface area (Å²) < 4.78 is 13.2. The van der Waals surface area contributed by atoms with Crippen molar-refractivity contribution in [1.29, 1.82) is 0 Å². The molecule has 20 heavy (non-hydrogen) atoms. The van der Waals surface area contributed by atoms with Gasteiger partial charge in [0.25, 0.3) is 0 Å². The van der Waals surface area contributed by atoms with Crippen molar-refractivity contribution in [2.24, 2.45) is 5.92 Å². The maximum absolute atomic E-state index is 13.2. The van der Waals surface area contributed by atoms with Crippen LogP contribution in [-0.4, -0.2) is 34.1 Å². The topological polar surface area (TPSA) is 66.3 Å². The number of aliphatic carboxylic acids is 1. The average molecular weight is 275 g/mol. The Kier molecular flexibility index (Phi) is 3.22. The van der Waals surface area contributed by atoms with E-state index in [9.17, 15) is 9.18 Å². The van der Waals surface area contributed by atoms with Gasteiger partial charge in [-0.3, -0.25) is 9.78 Å². The Morgan fingerprint density at radius 1 is 1.45 bits per heavy atom. The van der Waals surface area contributed by atoms with Gasteiger partial charge in [0, 0.05) is 25.4 Å². The van der Waals surface area contributed by atoms with Crippen molar-refractivity contribution >= 4 is 22.7 Å². The Morgan fingerprint density at radius 2 is 2.30 bits per heavy atom. The molecule has 1 aliphatic rings. The van der Waals surface area contributed by atoms with E-state index < -0.39 is 11.8 Å². The van der Waals surface area contributed by atoms with E-state index in [1.807, 2.05) is 4.90 Å². The molecule has 2 aromatic heterocycles. The number of carboxylic acids is 1. The van der Waals surface area contributed by atoms with Gasteiger partial charge < -0.3 is 10.0 Å². The van der Waals surface area contributed by atoms with Crippen LogP contribution in [0.1, 0.15) is 12.8 Å². The molecule has 0 aliphatic carbocycles. The number of anilines is 1. The summed E-state index contributed by atoms with van der Waals surface area (Å²) in [6.07, 6.45) is 4.27. The lowest BCUT2D eigenvalue weighted by Crippen LogP contribution is -2.38. The molecule has 1 unspecified atom stereocenters. The van der Waals surface area contributed by atoms with Crippen LogP contribution in [-0.2, 0) is 4.79 Å². The second kappa shape index (κ2) is 5.03. The van der Waals surface area contributed by atoms with Gasteiger partial charge in [0.15, 0.2) is 0 Å². The summed E-state index contributed by atoms with van der Waals surface area (Å²) in [4.78, 5) is 21.3. The number of piperidine rings is 1. The highest BCUT2D eigenvalue weighted by Crippen LogP contribution is 2.28. The molecular formula is C14H14FN3O2. The number of fused-ring (bicyclic) bond motifs is 1. The Hall–Kier alpha value is -2.24. The van der Waals surface area contributed by atoms with Crippen LogP contribution >= 0.6 is 0 Å². The number of nitrogens with zero attached hydrogens (tertiary/aromatic N) is 3. The molecule has 0 aromatic carbocycles. The Labute approximate surface area is 115 Å². The third kappa shape index (κ3) is 2.29. The monoisotopic (exact) mass is 275 g/mol. The van der Waals surface area contributed by atoms with Crippen molar-refractivity contribution in [2.75, 3.05) is 18.0 Å². The fraction of sp³-hybridized carbons (Fsp3) is 0.357. The van der Waals surface area contributed by atoms with Crippen LogP contribution in [0.2, 0.25) is 0 Å². The van der Waals surface area contributed by atoms with Crippen LogP contribution < -0.4 is 4.90 Å². The van der Waals surface area contributed by atoms with Crippen LogP contribution in [0, 0.1) is 11.7 Å². The smallest absolute Gasteiger partial charge is 0.308 e. The molecule has 0 radical (unpaired) electrons. The van der Waals surface area contributed by atoms with E-state index in [0.717, 1.165) is 24.8 Å². The van der Waals surface area contributed by atoms with Gasteiger partial charge in [-0.2, -0.15) is 0 Å². The number of aromatic nitrogens is 2. The van der Waals surface area contributed by atoms with Gasteiger partial charge in [-0.05, 0) is 18.9 Å². The third-order valence-electron chi connectivity index (χ3n) is 3.63. The van der Waals surface area contributed by atoms with Gasteiger partial charge in [0.2, 0.25) is 0 Å². The van der Waals surface area contributed by atoms with E-state index in [4.69, 9.17) is 5.11 Å². The number of hydrogen-bond donors (Lipinski definition) is 1. The van der Waals surface area contributed by atoms with Crippen molar-refractivity contribution in [3.8, 4) is 0 Å². The van der Waals surface area contributed by atoms with Crippen molar-refractivity contribution in [3.63, 3.8) is 0 Å². The van der Waals surface area contributed by atoms with E-state index in [1.54, 1.807) is 12.3 Å². The predicted octanol–water partition coefficient (Wildman–Crippen LogP) is 2.07. The second-order valence-corrected chi connectivity index (χ2v) is 4.97. The molecule has 0 spiro atoms. The highest BCUT2D eigenvalue weighted by Gasteiger charge is 2.26. The summed E-state index contributed by atoms with van der Waals surface area (Å²) in [7, 11) is 0. The number of carboxylic acid groups (broad SMARTS) is 1. The van der Waals surface area contributed by atoms with Crippen molar-refractivity contribution in [3.05, 3.63) is 30.3 Å². The SMILES string of the molecule is O=C(O)C1CCCN(c2ccnc3cc(F)cnc23)C1. The minimum Gasteiger partial charge on any atom is -0.481 e. The van der Waals surface area contributed by atoms with E-state index in [2.05, 4.69) is 9.97 Å². The Morgan fingerprint density at radius 3 is 3.10 bits per heavy atom. The molecule has 6 heteroatoms. The van der Waals surface area contributed by atoms with Gasteiger partial charge in [-0.25, -0.2) is 9.37 Å². The number of rotatable bonds is 2. The molecule has 0 saturated carbocycles. The zero-order valence-electron chi connectivity index (χ0n) is 10.8. The lowest BCUT2D eigenvalue weighted by molar-refractivity contribution is -0.141. The summed E-state index contributed by atoms with van der Waals surface area (Å²) >= 11 is 0. The first-order valence-electron chi connectivity index (χ1n) is 6.53. The van der Waals surface area contributed by atoms with Gasteiger partial charge in [0.1, 0.15) is 11.3 Å². The van der Waals surface area contributed by atoms with Crippen LogP contribution in [0.4, 0.5) is 10.1 Å². The number of pyridine rings is 2. The standard InChI is InChI=1S/C14H14FN3O2/c15-10-6-11-13(17-7-10)12(3-4-16-11)18-5-1-2-9(8-18)14(19)20/h3-4,6-7,9H,1-2,5,8H2,(H,19,20). The second-order valence-electron chi connectivity index (χ2n) is 4.97. The fourth-order valence-corrected chi connectivity index (χ4v) is 2.64. The minimum absolute atomic E-state index is 0.368. The number of carbonyl (C=O) groups is 1. The molecule has 1 saturated heterocycles. The maximum Gasteiger partial charge on any atom is 0.308 e. The highest BCUT2D eigenvalue weighted by atomic mass is 19.1. The molecule has 1 N–H and O–H groups in total. The largest absolute Gasteiger partial charge is 0.481 e. The average Bonchev–Trinajstić information content (AvgIpc) is 2.46. The van der Waals surface area contributed by atoms with Crippen molar-refractivity contribution in [1.82, 2.24) is 9.97 Å². The molecule has 1 aliphatic heterocycles. The lowest BCUT2D eigenvalue weighted by Gasteiger charge is -2.32. The quantitative estimate of drug-likeness (QED) is 0.908. The van der Waals surface area contributed by atoms with Crippen molar-refractivity contribution < 1.29 is 14.3 Å². The number of hydrogen-bond acceptors (Lipinski definition) is 4. The summed E-state index contributed by atoms with van der Waals surface area (Å²) in [5.74, 6) is -1.57. The normalized spacial score (nSPS) is 19.2.